The number of nitrogens with zero attached hydrogens (tertiary/aromatic N) is 3. The minimum Gasteiger partial charge on any atom is -0.497 e. The van der Waals surface area contributed by atoms with Crippen LogP contribution in [0.1, 0.15) is 29.9 Å². The van der Waals surface area contributed by atoms with Crippen molar-refractivity contribution in [3.63, 3.8) is 0 Å². The van der Waals surface area contributed by atoms with E-state index in [9.17, 15) is 4.79 Å². The zero-order valence-corrected chi connectivity index (χ0v) is 18.2. The molecule has 1 aliphatic rings. The van der Waals surface area contributed by atoms with Gasteiger partial charge >= 0.3 is 0 Å². The Morgan fingerprint density at radius 1 is 1.23 bits per heavy atom. The van der Waals surface area contributed by atoms with Gasteiger partial charge < -0.3 is 14.6 Å². The van der Waals surface area contributed by atoms with Gasteiger partial charge in [-0.05, 0) is 74.7 Å². The number of methoxy groups -OCH3 is 1. The second kappa shape index (κ2) is 9.31. The van der Waals surface area contributed by atoms with Gasteiger partial charge in [-0.3, -0.25) is 9.69 Å². The number of rotatable bonds is 6. The SMILES string of the molecule is COc1ccc(-c2noc(CN3CCCC(C(=O)Nc4cc(C)ccc4C)C3)n2)cc1. The fourth-order valence-corrected chi connectivity index (χ4v) is 3.89. The molecule has 1 aromatic heterocycles. The van der Waals surface area contributed by atoms with E-state index in [1.54, 1.807) is 7.11 Å². The van der Waals surface area contributed by atoms with Crippen LogP contribution in [0.3, 0.4) is 0 Å². The number of amides is 1. The van der Waals surface area contributed by atoms with Crippen molar-refractivity contribution in [1.82, 2.24) is 15.0 Å². The lowest BCUT2D eigenvalue weighted by Crippen LogP contribution is -2.40. The van der Waals surface area contributed by atoms with E-state index in [-0.39, 0.29) is 11.8 Å². The predicted octanol–water partition coefficient (Wildman–Crippen LogP) is 4.21. The number of ether oxygens (including phenoxy) is 1. The van der Waals surface area contributed by atoms with Gasteiger partial charge in [0.25, 0.3) is 0 Å². The maximum absolute atomic E-state index is 12.9. The number of hydrogen-bond acceptors (Lipinski definition) is 6. The normalized spacial score (nSPS) is 16.8. The van der Waals surface area contributed by atoms with Crippen molar-refractivity contribution in [1.29, 1.82) is 0 Å². The number of piperidine rings is 1. The summed E-state index contributed by atoms with van der Waals surface area (Å²) in [7, 11) is 1.63. The Kier molecular flexibility index (Phi) is 6.32. The molecule has 1 atom stereocenters. The van der Waals surface area contributed by atoms with Gasteiger partial charge in [0.2, 0.25) is 17.6 Å². The summed E-state index contributed by atoms with van der Waals surface area (Å²) >= 11 is 0. The Bertz CT molecular complexity index is 1050. The van der Waals surface area contributed by atoms with Gasteiger partial charge in [0, 0.05) is 17.8 Å². The Balaban J connectivity index is 1.37. The summed E-state index contributed by atoms with van der Waals surface area (Å²) in [6.07, 6.45) is 1.85. The van der Waals surface area contributed by atoms with E-state index < -0.39 is 0 Å². The van der Waals surface area contributed by atoms with Crippen LogP contribution < -0.4 is 10.1 Å². The highest BCUT2D eigenvalue weighted by molar-refractivity contribution is 5.93. The molecule has 2 heterocycles. The molecule has 7 nitrogen and oxygen atoms in total. The maximum Gasteiger partial charge on any atom is 0.241 e. The van der Waals surface area contributed by atoms with E-state index in [4.69, 9.17) is 9.26 Å². The van der Waals surface area contributed by atoms with Crippen LogP contribution in [0, 0.1) is 19.8 Å². The minimum absolute atomic E-state index is 0.0577. The van der Waals surface area contributed by atoms with Crippen molar-refractivity contribution in [3.05, 3.63) is 59.5 Å². The van der Waals surface area contributed by atoms with Gasteiger partial charge in [0.05, 0.1) is 19.6 Å². The third-order valence-corrected chi connectivity index (χ3v) is 5.70. The van der Waals surface area contributed by atoms with Crippen LogP contribution in [0.4, 0.5) is 5.69 Å². The largest absolute Gasteiger partial charge is 0.497 e. The topological polar surface area (TPSA) is 80.5 Å². The molecule has 7 heteroatoms. The van der Waals surface area contributed by atoms with Crippen molar-refractivity contribution in [2.24, 2.45) is 5.92 Å². The molecule has 0 bridgehead atoms. The van der Waals surface area contributed by atoms with Gasteiger partial charge in [-0.2, -0.15) is 4.98 Å². The molecule has 3 aromatic rings. The quantitative estimate of drug-likeness (QED) is 0.643. The summed E-state index contributed by atoms with van der Waals surface area (Å²) in [4.78, 5) is 19.6. The predicted molar refractivity (Wildman–Crippen MR) is 119 cm³/mol. The van der Waals surface area contributed by atoms with Crippen LogP contribution in [0.25, 0.3) is 11.4 Å². The van der Waals surface area contributed by atoms with Crippen LogP contribution in [0.2, 0.25) is 0 Å². The molecule has 4 rings (SSSR count). The average molecular weight is 421 g/mol. The van der Waals surface area contributed by atoms with Gasteiger partial charge in [-0.1, -0.05) is 17.3 Å². The van der Waals surface area contributed by atoms with Crippen molar-refractivity contribution >= 4 is 11.6 Å². The number of benzene rings is 2. The first kappa shape index (κ1) is 21.1. The van der Waals surface area contributed by atoms with Crippen LogP contribution in [0.5, 0.6) is 5.75 Å². The van der Waals surface area contributed by atoms with Crippen LogP contribution in [-0.2, 0) is 11.3 Å². The number of aryl methyl sites for hydroxylation is 2. The van der Waals surface area contributed by atoms with Gasteiger partial charge in [-0.25, -0.2) is 0 Å². The molecule has 0 saturated carbocycles. The Morgan fingerprint density at radius 3 is 2.81 bits per heavy atom. The summed E-state index contributed by atoms with van der Waals surface area (Å²) in [6.45, 7) is 6.17. The number of hydrogen-bond donors (Lipinski definition) is 1. The first-order chi connectivity index (χ1) is 15.0. The Morgan fingerprint density at radius 2 is 2.03 bits per heavy atom. The monoisotopic (exact) mass is 420 g/mol. The molecular formula is C24H28N4O3. The molecule has 1 amide bonds. The number of nitrogens with one attached hydrogen (secondary N) is 1. The lowest BCUT2D eigenvalue weighted by Gasteiger charge is -2.31. The number of anilines is 1. The lowest BCUT2D eigenvalue weighted by atomic mass is 9.96. The van der Waals surface area contributed by atoms with Crippen molar-refractivity contribution < 1.29 is 14.1 Å². The molecule has 0 radical (unpaired) electrons. The number of aromatic nitrogens is 2. The van der Waals surface area contributed by atoms with E-state index in [1.165, 1.54) is 0 Å². The highest BCUT2D eigenvalue weighted by Gasteiger charge is 2.27. The van der Waals surface area contributed by atoms with Crippen molar-refractivity contribution in [3.8, 4) is 17.1 Å². The van der Waals surface area contributed by atoms with Crippen LogP contribution in [-0.4, -0.2) is 41.1 Å². The second-order valence-electron chi connectivity index (χ2n) is 8.12. The van der Waals surface area contributed by atoms with Crippen LogP contribution in [0.15, 0.2) is 47.0 Å². The summed E-state index contributed by atoms with van der Waals surface area (Å²) in [6, 6.07) is 13.7. The molecule has 1 aliphatic heterocycles. The third kappa shape index (κ3) is 5.11. The molecule has 0 spiro atoms. The fraction of sp³-hybridized carbons (Fsp3) is 0.375. The van der Waals surface area contributed by atoms with E-state index in [2.05, 4.69) is 26.4 Å². The molecule has 162 valence electrons. The lowest BCUT2D eigenvalue weighted by molar-refractivity contribution is -0.121. The molecule has 1 saturated heterocycles. The molecule has 0 aliphatic carbocycles. The van der Waals surface area contributed by atoms with Crippen LogP contribution >= 0.6 is 0 Å². The molecule has 1 N–H and O–H groups in total. The van der Waals surface area contributed by atoms with Crippen molar-refractivity contribution in [2.75, 3.05) is 25.5 Å². The van der Waals surface area contributed by atoms with Gasteiger partial charge in [0.1, 0.15) is 5.75 Å². The molecular weight excluding hydrogens is 392 g/mol. The third-order valence-electron chi connectivity index (χ3n) is 5.70. The summed E-state index contributed by atoms with van der Waals surface area (Å²) < 4.78 is 10.7. The standard InChI is InChI=1S/C24H28N4O3/c1-16-6-7-17(2)21(13-16)25-24(29)19-5-4-12-28(14-19)15-22-26-23(27-31-22)18-8-10-20(30-3)11-9-18/h6-11,13,19H,4-5,12,14-15H2,1-3H3,(H,25,29). The van der Waals surface area contributed by atoms with Gasteiger partial charge in [0.15, 0.2) is 0 Å². The van der Waals surface area contributed by atoms with E-state index in [0.29, 0.717) is 24.8 Å². The molecule has 31 heavy (non-hydrogen) atoms. The zero-order chi connectivity index (χ0) is 21.8. The smallest absolute Gasteiger partial charge is 0.241 e. The summed E-state index contributed by atoms with van der Waals surface area (Å²) in [5.41, 5.74) is 3.97. The minimum atomic E-state index is -0.0577. The highest BCUT2D eigenvalue weighted by atomic mass is 16.5. The first-order valence-electron chi connectivity index (χ1n) is 10.6. The average Bonchev–Trinajstić information content (AvgIpc) is 3.25. The number of likely N-dealkylation sites (tertiary alicyclic amines) is 1. The van der Waals surface area contributed by atoms with Gasteiger partial charge in [-0.15, -0.1) is 0 Å². The number of carbonyl (C=O) groups excluding carboxylic acids is 1. The van der Waals surface area contributed by atoms with E-state index >= 15 is 0 Å². The van der Waals surface area contributed by atoms with Crippen molar-refractivity contribution in [2.45, 2.75) is 33.2 Å². The summed E-state index contributed by atoms with van der Waals surface area (Å²) in [5, 5.41) is 7.22. The van der Waals surface area contributed by atoms with E-state index in [0.717, 1.165) is 47.5 Å². The molecule has 2 aromatic carbocycles. The summed E-state index contributed by atoms with van der Waals surface area (Å²) in [5.74, 6) is 1.91. The Hall–Kier alpha value is -3.19. The zero-order valence-electron chi connectivity index (χ0n) is 18.2. The Labute approximate surface area is 182 Å². The number of carbonyl (C=O) groups is 1. The molecule has 1 fully saturated rings. The highest BCUT2D eigenvalue weighted by Crippen LogP contribution is 2.24. The second-order valence-corrected chi connectivity index (χ2v) is 8.12. The fourth-order valence-electron chi connectivity index (χ4n) is 3.89. The molecule has 1 unspecified atom stereocenters. The maximum atomic E-state index is 12.9. The first-order valence-corrected chi connectivity index (χ1v) is 10.6. The van der Waals surface area contributed by atoms with E-state index in [1.807, 2.05) is 50.2 Å².